The van der Waals surface area contributed by atoms with E-state index in [1.54, 1.807) is 0 Å². The smallest absolute Gasteiger partial charge is 0.187 e. The van der Waals surface area contributed by atoms with Gasteiger partial charge in [0.25, 0.3) is 0 Å². The van der Waals surface area contributed by atoms with Crippen molar-refractivity contribution in [3.05, 3.63) is 112 Å². The van der Waals surface area contributed by atoms with Crippen molar-refractivity contribution in [3.63, 3.8) is 0 Å². The van der Waals surface area contributed by atoms with E-state index in [0.29, 0.717) is 11.3 Å². The van der Waals surface area contributed by atoms with Gasteiger partial charge < -0.3 is 0 Å². The third-order valence-corrected chi connectivity index (χ3v) is 3.93. The molecule has 2 nitrogen and oxygen atoms in total. The third kappa shape index (κ3) is 4.57. The van der Waals surface area contributed by atoms with Gasteiger partial charge in [-0.15, -0.1) is 0 Å². The molecule has 0 N–H and O–H groups in total. The van der Waals surface area contributed by atoms with E-state index < -0.39 is 0 Å². The summed E-state index contributed by atoms with van der Waals surface area (Å²) >= 11 is 0. The van der Waals surface area contributed by atoms with Crippen LogP contribution in [0.5, 0.6) is 0 Å². The zero-order chi connectivity index (χ0) is 18.2. The number of benzene rings is 3. The average molecular weight is 332 g/mol. The Morgan fingerprint density at radius 1 is 0.615 bits per heavy atom. The van der Waals surface area contributed by atoms with Crippen molar-refractivity contribution in [2.24, 2.45) is 0 Å². The number of nitriles is 1. The number of hydrogen-bond acceptors (Lipinski definition) is 1. The first-order valence-electron chi connectivity index (χ1n) is 8.21. The second-order valence-corrected chi connectivity index (χ2v) is 5.77. The molecule has 0 aliphatic heterocycles. The van der Waals surface area contributed by atoms with E-state index >= 15 is 0 Å². The Morgan fingerprint density at radius 2 is 0.962 bits per heavy atom. The van der Waals surface area contributed by atoms with Crippen LogP contribution in [0.1, 0.15) is 27.8 Å². The summed E-state index contributed by atoms with van der Waals surface area (Å²) in [5.41, 5.74) is 5.70. The minimum Gasteiger partial charge on any atom is -0.238 e. The molecule has 122 valence electrons. The van der Waals surface area contributed by atoms with Crippen molar-refractivity contribution in [1.29, 1.82) is 5.26 Å². The molecule has 0 fully saturated rings. The van der Waals surface area contributed by atoms with Gasteiger partial charge in [-0.3, -0.25) is 0 Å². The Labute approximate surface area is 153 Å². The van der Waals surface area contributed by atoms with Crippen molar-refractivity contribution >= 4 is 30.0 Å². The van der Waals surface area contributed by atoms with Crippen LogP contribution >= 0.6 is 0 Å². The summed E-state index contributed by atoms with van der Waals surface area (Å²) in [5.74, 6) is 0. The number of nitrogens with zero attached hydrogens (tertiary/aromatic N) is 2. The van der Waals surface area contributed by atoms with Crippen LogP contribution in [0.3, 0.4) is 0 Å². The van der Waals surface area contributed by atoms with Gasteiger partial charge in [0.2, 0.25) is 0 Å². The maximum absolute atomic E-state index is 8.82. The molecule has 3 aromatic carbocycles. The van der Waals surface area contributed by atoms with Crippen molar-refractivity contribution in [2.45, 2.75) is 0 Å². The highest BCUT2D eigenvalue weighted by Crippen LogP contribution is 2.16. The van der Waals surface area contributed by atoms with Crippen molar-refractivity contribution in [3.8, 4) is 6.07 Å². The molecule has 0 saturated carbocycles. The monoisotopic (exact) mass is 332 g/mol. The number of hydrogen-bond donors (Lipinski definition) is 0. The quantitative estimate of drug-likeness (QED) is 0.398. The second-order valence-electron chi connectivity index (χ2n) is 5.77. The lowest BCUT2D eigenvalue weighted by Crippen LogP contribution is -1.77. The van der Waals surface area contributed by atoms with Gasteiger partial charge in [-0.1, -0.05) is 85.0 Å². The van der Waals surface area contributed by atoms with E-state index in [1.165, 1.54) is 0 Å². The molecule has 26 heavy (non-hydrogen) atoms. The van der Waals surface area contributed by atoms with Gasteiger partial charge in [0.05, 0.1) is 18.2 Å². The van der Waals surface area contributed by atoms with E-state index in [9.17, 15) is 0 Å². The standard InChI is InChI=1S/C24H16N2/c1-26-24-16-14-22(15-17-24)9-8-20-4-2-19(3-5-20)6-7-21-10-12-23(18-25)13-11-21/h2-17H. The fourth-order valence-electron chi connectivity index (χ4n) is 2.43. The van der Waals surface area contributed by atoms with E-state index in [0.717, 1.165) is 22.3 Å². The van der Waals surface area contributed by atoms with Crippen LogP contribution in [-0.4, -0.2) is 0 Å². The molecule has 3 aromatic rings. The molecular weight excluding hydrogens is 316 g/mol. The Bertz CT molecular complexity index is 922. The van der Waals surface area contributed by atoms with Gasteiger partial charge in [0.15, 0.2) is 5.69 Å². The van der Waals surface area contributed by atoms with Crippen LogP contribution in [0.15, 0.2) is 72.8 Å². The molecular formula is C24H16N2. The van der Waals surface area contributed by atoms with E-state index in [-0.39, 0.29) is 0 Å². The van der Waals surface area contributed by atoms with Crippen LogP contribution in [0.4, 0.5) is 5.69 Å². The summed E-state index contributed by atoms with van der Waals surface area (Å²) in [7, 11) is 0. The van der Waals surface area contributed by atoms with Gasteiger partial charge in [-0.25, -0.2) is 4.85 Å². The van der Waals surface area contributed by atoms with E-state index in [1.807, 2.05) is 60.7 Å². The highest BCUT2D eigenvalue weighted by Gasteiger charge is 1.93. The molecule has 0 unspecified atom stereocenters. The van der Waals surface area contributed by atoms with Crippen LogP contribution < -0.4 is 0 Å². The Kier molecular flexibility index (Phi) is 5.41. The zero-order valence-corrected chi connectivity index (χ0v) is 14.1. The molecule has 0 bridgehead atoms. The predicted molar refractivity (Wildman–Crippen MR) is 108 cm³/mol. The van der Waals surface area contributed by atoms with Crippen LogP contribution in [0, 0.1) is 17.9 Å². The molecule has 0 spiro atoms. The van der Waals surface area contributed by atoms with Crippen LogP contribution in [0.25, 0.3) is 29.1 Å². The topological polar surface area (TPSA) is 28.1 Å². The van der Waals surface area contributed by atoms with E-state index in [4.69, 9.17) is 11.8 Å². The number of rotatable bonds is 4. The van der Waals surface area contributed by atoms with Crippen LogP contribution in [-0.2, 0) is 0 Å². The molecule has 3 rings (SSSR count). The molecule has 0 heterocycles. The SMILES string of the molecule is [C-]#[N+]c1ccc(C=Cc2ccc(C=Cc3ccc(C#N)cc3)cc2)cc1. The largest absolute Gasteiger partial charge is 0.238 e. The maximum Gasteiger partial charge on any atom is 0.187 e. The van der Waals surface area contributed by atoms with Gasteiger partial charge in [-0.05, 0) is 34.4 Å². The summed E-state index contributed by atoms with van der Waals surface area (Å²) in [6.45, 7) is 6.97. The Hall–Kier alpha value is -3.88. The summed E-state index contributed by atoms with van der Waals surface area (Å²) in [6.07, 6.45) is 8.18. The predicted octanol–water partition coefficient (Wildman–Crippen LogP) is 6.45. The van der Waals surface area contributed by atoms with Crippen molar-refractivity contribution < 1.29 is 0 Å². The van der Waals surface area contributed by atoms with Crippen molar-refractivity contribution in [1.82, 2.24) is 0 Å². The molecule has 0 radical (unpaired) electrons. The first-order valence-corrected chi connectivity index (χ1v) is 8.21. The lowest BCUT2D eigenvalue weighted by molar-refractivity contribution is 1.48. The molecule has 0 saturated heterocycles. The molecule has 0 amide bonds. The minimum absolute atomic E-state index is 0.653. The molecule has 0 aromatic heterocycles. The van der Waals surface area contributed by atoms with E-state index in [2.05, 4.69) is 47.3 Å². The molecule has 0 aliphatic rings. The van der Waals surface area contributed by atoms with Gasteiger partial charge in [0.1, 0.15) is 0 Å². The fourth-order valence-corrected chi connectivity index (χ4v) is 2.43. The summed E-state index contributed by atoms with van der Waals surface area (Å²) in [4.78, 5) is 3.39. The fraction of sp³-hybridized carbons (Fsp3) is 0. The van der Waals surface area contributed by atoms with Gasteiger partial charge in [-0.2, -0.15) is 5.26 Å². The summed E-state index contributed by atoms with van der Waals surface area (Å²) in [5, 5.41) is 8.82. The van der Waals surface area contributed by atoms with Crippen molar-refractivity contribution in [2.75, 3.05) is 0 Å². The van der Waals surface area contributed by atoms with Gasteiger partial charge in [0, 0.05) is 0 Å². The van der Waals surface area contributed by atoms with Crippen LogP contribution in [0.2, 0.25) is 0 Å². The zero-order valence-electron chi connectivity index (χ0n) is 14.1. The first-order chi connectivity index (χ1) is 12.8. The lowest BCUT2D eigenvalue weighted by Gasteiger charge is -1.98. The first kappa shape index (κ1) is 17.0. The minimum atomic E-state index is 0.653. The lowest BCUT2D eigenvalue weighted by atomic mass is 10.1. The second kappa shape index (κ2) is 8.29. The average Bonchev–Trinajstić information content (AvgIpc) is 2.72. The highest BCUT2D eigenvalue weighted by molar-refractivity contribution is 5.73. The maximum atomic E-state index is 8.82. The normalized spacial score (nSPS) is 10.7. The molecule has 0 atom stereocenters. The molecule has 0 aliphatic carbocycles. The van der Waals surface area contributed by atoms with Gasteiger partial charge >= 0.3 is 0 Å². The Morgan fingerprint density at radius 3 is 1.31 bits per heavy atom. The summed E-state index contributed by atoms with van der Waals surface area (Å²) < 4.78 is 0. The third-order valence-electron chi connectivity index (χ3n) is 3.93. The molecule has 2 heteroatoms. The Balaban J connectivity index is 1.65. The summed E-state index contributed by atoms with van der Waals surface area (Å²) in [6, 6.07) is 25.4. The highest BCUT2D eigenvalue weighted by atomic mass is 14.6.